The third-order valence-corrected chi connectivity index (χ3v) is 16.8. The fourth-order valence-electron chi connectivity index (χ4n) is 9.35. The molecular weight excluding hydrogens is 1060 g/mol. The lowest BCUT2D eigenvalue weighted by atomic mass is 9.80. The Morgan fingerprint density at radius 1 is 0.812 bits per heavy atom. The van der Waals surface area contributed by atoms with Gasteiger partial charge in [-0.25, -0.2) is 24.4 Å². The number of nitrogens with zero attached hydrogens (tertiary/aromatic N) is 5. The fourth-order valence-corrected chi connectivity index (χ4v) is 12.2. The Bertz CT molecular complexity index is 2860. The predicted molar refractivity (Wildman–Crippen MR) is 309 cm³/mol. The van der Waals surface area contributed by atoms with Crippen molar-refractivity contribution in [2.75, 3.05) is 60.1 Å². The van der Waals surface area contributed by atoms with Crippen molar-refractivity contribution in [3.8, 4) is 17.2 Å². The van der Waals surface area contributed by atoms with Gasteiger partial charge in [0.05, 0.1) is 51.3 Å². The molecule has 1 N–H and O–H groups in total. The van der Waals surface area contributed by atoms with Gasteiger partial charge >= 0.3 is 6.09 Å². The number of aromatic nitrogens is 4. The number of carbonyl (C=O) groups excluding carboxylic acids is 3. The first-order chi connectivity index (χ1) is 38.6. The Balaban J connectivity index is 1.21. The summed E-state index contributed by atoms with van der Waals surface area (Å²) < 4.78 is 61.4. The highest BCUT2D eigenvalue weighted by molar-refractivity contribution is 8.13. The summed E-state index contributed by atoms with van der Waals surface area (Å²) in [6.07, 6.45) is 1.92. The Morgan fingerprint density at radius 3 is 2.04 bits per heavy atom. The van der Waals surface area contributed by atoms with Crippen molar-refractivity contribution in [1.29, 1.82) is 0 Å². The van der Waals surface area contributed by atoms with Gasteiger partial charge in [-0.3, -0.25) is 14.2 Å². The number of methoxy groups -OCH3 is 3. The SMILES string of the molecule is C=CCOC(=O)NCC(C)(C)C(=O)SCCCCOP(OC1C(COC(c2ccccc2)(c2ccc(OC)cc2)c2ccc(OC)cc2)OC(n2cnc3c(CC(=O)COc4ccccc4)ncnc32)C1OC)N(C(C)C)C(C)C. The number of Topliss-reactive ketones (excluding diaryl/α,β-unsaturated/α-hetero) is 1. The Morgan fingerprint density at radius 2 is 1.44 bits per heavy atom. The van der Waals surface area contributed by atoms with E-state index in [4.69, 9.17) is 52.2 Å². The maximum Gasteiger partial charge on any atom is 0.407 e. The molecule has 2 aromatic heterocycles. The molecule has 18 nitrogen and oxygen atoms in total. The summed E-state index contributed by atoms with van der Waals surface area (Å²) in [5, 5.41) is 2.63. The Hall–Kier alpha value is -6.28. The number of fused-ring (bicyclic) bond motifs is 1. The minimum absolute atomic E-state index is 0.00242. The number of nitrogens with one attached hydrogen (secondary N) is 1. The molecule has 3 heterocycles. The van der Waals surface area contributed by atoms with Crippen LogP contribution in [-0.2, 0) is 49.6 Å². The van der Waals surface area contributed by atoms with Gasteiger partial charge in [-0.15, -0.1) is 0 Å². The molecule has 5 atom stereocenters. The van der Waals surface area contributed by atoms with Gasteiger partial charge in [0.15, 0.2) is 22.8 Å². The zero-order chi connectivity index (χ0) is 57.2. The second kappa shape index (κ2) is 29.4. The van der Waals surface area contributed by atoms with E-state index in [2.05, 4.69) is 49.2 Å². The molecule has 428 valence electrons. The van der Waals surface area contributed by atoms with Crippen molar-refractivity contribution in [1.82, 2.24) is 29.5 Å². The van der Waals surface area contributed by atoms with Crippen LogP contribution in [0, 0.1) is 5.41 Å². The molecule has 0 spiro atoms. The molecule has 80 heavy (non-hydrogen) atoms. The van der Waals surface area contributed by atoms with Gasteiger partial charge in [0, 0.05) is 31.5 Å². The number of thioether (sulfide) groups is 1. The van der Waals surface area contributed by atoms with E-state index in [1.165, 1.54) is 24.2 Å². The monoisotopic (exact) mass is 1130 g/mol. The highest BCUT2D eigenvalue weighted by Crippen LogP contribution is 2.52. The first kappa shape index (κ1) is 61.3. The van der Waals surface area contributed by atoms with Gasteiger partial charge in [0.1, 0.15) is 66.2 Å². The standard InChI is InChI=1S/C60H75N6O12PS/c1-11-32-73-58(69)61-38-59(6,7)57(68)80-34-19-18-33-76-79(66(41(2)3)42(4)5)78-53-51(37-75-60(43-20-14-12-15-21-43,44-24-28-47(70-8)29-25-44)45-26-30-48(71-9)31-27-45)77-56(54(53)72-10)65-40-64-52-50(62-39-63-55(52)65)35-46(67)36-74-49-22-16-13-17-23-49/h11-17,20-31,39-42,51,53-54,56H,1,18-19,32-38H2,2-10H3,(H,61,69). The third kappa shape index (κ3) is 15.4. The quantitative estimate of drug-likeness (QED) is 0.0187. The predicted octanol–water partition coefficient (Wildman–Crippen LogP) is 10.7. The maximum atomic E-state index is 13.4. The van der Waals surface area contributed by atoms with Crippen LogP contribution in [0.25, 0.3) is 11.2 Å². The minimum atomic E-state index is -1.81. The van der Waals surface area contributed by atoms with Crippen LogP contribution in [0.2, 0.25) is 0 Å². The first-order valence-electron chi connectivity index (χ1n) is 26.7. The number of benzene rings is 4. The van der Waals surface area contributed by atoms with Gasteiger partial charge in [-0.05, 0) is 93.6 Å². The summed E-state index contributed by atoms with van der Waals surface area (Å²) in [5.74, 6) is 2.33. The lowest BCUT2D eigenvalue weighted by Gasteiger charge is -2.39. The summed E-state index contributed by atoms with van der Waals surface area (Å²) >= 11 is 1.23. The second-order valence-corrected chi connectivity index (χ2v) is 22.7. The number of rotatable bonds is 31. The average molecular weight is 1140 g/mol. The highest BCUT2D eigenvalue weighted by Gasteiger charge is 2.51. The number of ketones is 1. The van der Waals surface area contributed by atoms with Crippen LogP contribution in [0.5, 0.6) is 17.2 Å². The van der Waals surface area contributed by atoms with E-state index in [0.29, 0.717) is 59.3 Å². The van der Waals surface area contributed by atoms with Gasteiger partial charge < -0.3 is 47.5 Å². The van der Waals surface area contributed by atoms with E-state index >= 15 is 0 Å². The van der Waals surface area contributed by atoms with Crippen molar-refractivity contribution in [2.24, 2.45) is 5.41 Å². The van der Waals surface area contributed by atoms with Gasteiger partial charge in [0.2, 0.25) is 0 Å². The summed E-state index contributed by atoms with van der Waals surface area (Å²) in [6.45, 7) is 16.0. The molecular formula is C60H75N6O12PS. The molecule has 5 unspecified atom stereocenters. The summed E-state index contributed by atoms with van der Waals surface area (Å²) in [5.41, 5.74) is 1.80. The van der Waals surface area contributed by atoms with Crippen LogP contribution in [-0.4, -0.2) is 132 Å². The minimum Gasteiger partial charge on any atom is -0.497 e. The zero-order valence-corrected chi connectivity index (χ0v) is 48.9. The van der Waals surface area contributed by atoms with Crippen LogP contribution in [0.3, 0.4) is 0 Å². The molecule has 20 heteroatoms. The van der Waals surface area contributed by atoms with Crippen LogP contribution < -0.4 is 19.5 Å². The third-order valence-electron chi connectivity index (χ3n) is 13.4. The number of amides is 1. The normalized spacial score (nSPS) is 16.9. The van der Waals surface area contributed by atoms with E-state index in [1.54, 1.807) is 58.2 Å². The van der Waals surface area contributed by atoms with Crippen molar-refractivity contribution in [2.45, 2.75) is 103 Å². The Labute approximate surface area is 475 Å². The van der Waals surface area contributed by atoms with E-state index in [-0.39, 0.29) is 55.8 Å². The van der Waals surface area contributed by atoms with E-state index in [9.17, 15) is 14.4 Å². The van der Waals surface area contributed by atoms with Gasteiger partial charge in [0.25, 0.3) is 8.53 Å². The van der Waals surface area contributed by atoms with E-state index < -0.39 is 50.2 Å². The molecule has 1 fully saturated rings. The topological polar surface area (TPSA) is 193 Å². The number of hydrogen-bond donors (Lipinski definition) is 1. The summed E-state index contributed by atoms with van der Waals surface area (Å²) in [7, 11) is 3.07. The van der Waals surface area contributed by atoms with Crippen molar-refractivity contribution >= 4 is 48.4 Å². The number of para-hydroxylation sites is 1. The molecule has 4 aromatic carbocycles. The van der Waals surface area contributed by atoms with E-state index in [1.807, 2.05) is 97.1 Å². The van der Waals surface area contributed by atoms with Crippen molar-refractivity contribution in [3.05, 3.63) is 157 Å². The molecule has 0 radical (unpaired) electrons. The molecule has 0 saturated carbocycles. The lowest BCUT2D eigenvalue weighted by Crippen LogP contribution is -2.42. The molecule has 7 rings (SSSR count). The van der Waals surface area contributed by atoms with Gasteiger partial charge in [-0.2, -0.15) is 0 Å². The van der Waals surface area contributed by atoms with Gasteiger partial charge in [-0.1, -0.05) is 111 Å². The van der Waals surface area contributed by atoms with Crippen LogP contribution >= 0.6 is 20.3 Å². The number of alkyl carbamates (subject to hydrolysis) is 1. The van der Waals surface area contributed by atoms with Crippen molar-refractivity contribution in [3.63, 3.8) is 0 Å². The fraction of sp³-hybridized carbons (Fsp3) is 0.433. The first-order valence-corrected chi connectivity index (χ1v) is 28.8. The zero-order valence-electron chi connectivity index (χ0n) is 47.2. The lowest BCUT2D eigenvalue weighted by molar-refractivity contribution is -0.120. The number of unbranched alkanes of at least 4 members (excludes halogenated alkanes) is 1. The summed E-state index contributed by atoms with van der Waals surface area (Å²) in [6, 6.07) is 34.8. The molecule has 1 aliphatic rings. The average Bonchev–Trinajstić information content (AvgIpc) is 4.14. The number of imidazole rings is 1. The summed E-state index contributed by atoms with van der Waals surface area (Å²) in [4.78, 5) is 52.7. The Kier molecular flexibility index (Phi) is 22.6. The van der Waals surface area contributed by atoms with Crippen LogP contribution in [0.4, 0.5) is 4.79 Å². The highest BCUT2D eigenvalue weighted by atomic mass is 32.2. The number of ether oxygens (including phenoxy) is 7. The molecule has 0 aliphatic carbocycles. The largest absolute Gasteiger partial charge is 0.497 e. The maximum absolute atomic E-state index is 13.4. The molecule has 1 amide bonds. The molecule has 1 aliphatic heterocycles. The number of hydrogen-bond acceptors (Lipinski definition) is 17. The smallest absolute Gasteiger partial charge is 0.407 e. The van der Waals surface area contributed by atoms with Crippen LogP contribution in [0.15, 0.2) is 135 Å². The molecule has 1 saturated heterocycles. The van der Waals surface area contributed by atoms with E-state index in [0.717, 1.165) is 16.7 Å². The molecule has 6 aromatic rings. The molecule has 0 bridgehead atoms. The second-order valence-electron chi connectivity index (χ2n) is 20.2. The number of carbonyl (C=O) groups is 3. The van der Waals surface area contributed by atoms with Crippen molar-refractivity contribution < 1.29 is 56.6 Å². The van der Waals surface area contributed by atoms with Crippen LogP contribution in [0.1, 0.15) is 83.0 Å².